The smallest absolute Gasteiger partial charge is 0.323 e. The fourth-order valence-corrected chi connectivity index (χ4v) is 4.17. The Morgan fingerprint density at radius 2 is 2.20 bits per heavy atom. The van der Waals surface area contributed by atoms with Crippen molar-refractivity contribution < 1.29 is 22.7 Å². The Hall–Kier alpha value is -2.00. The maximum atomic E-state index is 12.6. The summed E-state index contributed by atoms with van der Waals surface area (Å²) in [6.45, 7) is 1.75. The van der Waals surface area contributed by atoms with Gasteiger partial charge in [0, 0.05) is 25.1 Å². The summed E-state index contributed by atoms with van der Waals surface area (Å²) in [4.78, 5) is 24.2. The normalized spacial score (nSPS) is 19.4. The number of ketones is 1. The second-order valence-electron chi connectivity index (χ2n) is 6.04. The van der Waals surface area contributed by atoms with E-state index in [1.165, 1.54) is 18.2 Å². The van der Waals surface area contributed by atoms with Gasteiger partial charge in [-0.1, -0.05) is 13.3 Å². The summed E-state index contributed by atoms with van der Waals surface area (Å²) in [7, 11) is -4.06. The third kappa shape index (κ3) is 4.76. The van der Waals surface area contributed by atoms with Crippen molar-refractivity contribution >= 4 is 21.7 Å². The van der Waals surface area contributed by atoms with Crippen molar-refractivity contribution in [2.45, 2.75) is 50.1 Å². The van der Waals surface area contributed by atoms with Gasteiger partial charge in [0.25, 0.3) is 0 Å². The molecule has 0 spiro atoms. The summed E-state index contributed by atoms with van der Waals surface area (Å²) in [6, 6.07) is 3.42. The summed E-state index contributed by atoms with van der Waals surface area (Å²) in [5, 5.41) is 14.0. The lowest BCUT2D eigenvalue weighted by Crippen LogP contribution is -2.46. The number of rotatable bonds is 6. The molecule has 1 aliphatic rings. The van der Waals surface area contributed by atoms with Crippen LogP contribution < -0.4 is 10.0 Å². The molecule has 1 atom stereocenters. The highest BCUT2D eigenvalue weighted by Gasteiger charge is 2.36. The Morgan fingerprint density at radius 3 is 2.88 bits per heavy atom. The predicted octanol–water partition coefficient (Wildman–Crippen LogP) is 0.349. The molecule has 0 bridgehead atoms. The number of hydrogen-bond donors (Lipinski definition) is 1. The van der Waals surface area contributed by atoms with E-state index in [4.69, 9.17) is 0 Å². The number of hydrogen-bond acceptors (Lipinski definition) is 5. The number of sulfonamides is 1. The van der Waals surface area contributed by atoms with Gasteiger partial charge in [0.15, 0.2) is 12.0 Å². The molecular formula is C16H23N3O5S. The molecule has 0 aliphatic carbocycles. The predicted molar refractivity (Wildman–Crippen MR) is 89.9 cm³/mol. The Balaban J connectivity index is 2.10. The maximum absolute atomic E-state index is 12.6. The molecule has 2 heterocycles. The summed E-state index contributed by atoms with van der Waals surface area (Å²) >= 11 is 0. The van der Waals surface area contributed by atoms with Gasteiger partial charge in [-0.25, -0.2) is 8.42 Å². The number of amides is 1. The first-order valence-electron chi connectivity index (χ1n) is 8.36. The van der Waals surface area contributed by atoms with Crippen molar-refractivity contribution in [2.75, 3.05) is 13.1 Å². The van der Waals surface area contributed by atoms with Crippen molar-refractivity contribution in [3.63, 3.8) is 0 Å². The van der Waals surface area contributed by atoms with E-state index in [-0.39, 0.29) is 29.5 Å². The zero-order valence-corrected chi connectivity index (χ0v) is 15.0. The van der Waals surface area contributed by atoms with E-state index in [9.17, 15) is 23.2 Å². The zero-order chi connectivity index (χ0) is 18.4. The maximum Gasteiger partial charge on any atom is 0.323 e. The summed E-state index contributed by atoms with van der Waals surface area (Å²) in [5.41, 5.74) is 0. The summed E-state index contributed by atoms with van der Waals surface area (Å²) < 4.78 is 26.6. The Kier molecular flexibility index (Phi) is 6.49. The molecule has 1 saturated heterocycles. The number of nitrogens with one attached hydrogen (secondary N) is 1. The van der Waals surface area contributed by atoms with Crippen LogP contribution in [0.5, 0.6) is 0 Å². The molecule has 0 radical (unpaired) electrons. The van der Waals surface area contributed by atoms with Gasteiger partial charge in [0.05, 0.1) is 12.6 Å². The van der Waals surface area contributed by atoms with Gasteiger partial charge in [-0.3, -0.25) is 9.59 Å². The number of pyridine rings is 1. The van der Waals surface area contributed by atoms with E-state index < -0.39 is 21.1 Å². The number of carbonyl (C=O) groups is 2. The quantitative estimate of drug-likeness (QED) is 0.574. The minimum Gasteiger partial charge on any atom is -0.618 e. The molecule has 1 fully saturated rings. The second-order valence-corrected chi connectivity index (χ2v) is 7.92. The molecule has 9 heteroatoms. The number of unbranched alkanes of at least 4 members (excludes halogenated alkanes) is 1. The molecular weight excluding hydrogens is 346 g/mol. The second kappa shape index (κ2) is 8.39. The van der Waals surface area contributed by atoms with E-state index in [1.54, 1.807) is 0 Å². The van der Waals surface area contributed by atoms with Crippen LogP contribution in [0, 0.1) is 5.21 Å². The fourth-order valence-electron chi connectivity index (χ4n) is 2.70. The molecule has 2 rings (SSSR count). The third-order valence-electron chi connectivity index (χ3n) is 4.11. The highest BCUT2D eigenvalue weighted by molar-refractivity contribution is 7.89. The highest BCUT2D eigenvalue weighted by atomic mass is 32.2. The van der Waals surface area contributed by atoms with E-state index in [0.29, 0.717) is 19.3 Å². The van der Waals surface area contributed by atoms with Crippen molar-refractivity contribution in [3.8, 4) is 0 Å². The average molecular weight is 369 g/mol. The van der Waals surface area contributed by atoms with Crippen LogP contribution in [0.3, 0.4) is 0 Å². The molecule has 25 heavy (non-hydrogen) atoms. The molecule has 138 valence electrons. The van der Waals surface area contributed by atoms with Crippen molar-refractivity contribution in [2.24, 2.45) is 0 Å². The van der Waals surface area contributed by atoms with E-state index in [0.717, 1.165) is 23.3 Å². The highest BCUT2D eigenvalue weighted by Crippen LogP contribution is 2.17. The molecule has 1 aromatic heterocycles. The fraction of sp³-hybridized carbons (Fsp3) is 0.562. The third-order valence-corrected chi connectivity index (χ3v) is 5.94. The van der Waals surface area contributed by atoms with Gasteiger partial charge in [0.1, 0.15) is 0 Å². The van der Waals surface area contributed by atoms with Gasteiger partial charge in [-0.05, 0) is 25.3 Å². The molecule has 1 aliphatic heterocycles. The van der Waals surface area contributed by atoms with Crippen molar-refractivity contribution in [1.29, 1.82) is 0 Å². The lowest BCUT2D eigenvalue weighted by atomic mass is 10.1. The SMILES string of the molecule is CCCCC(=O)NC1CCCN(S(=O)(=O)c2cccc[n+]2[O-])CC1=O. The van der Waals surface area contributed by atoms with E-state index in [2.05, 4.69) is 5.32 Å². The topological polar surface area (TPSA) is 110 Å². The van der Waals surface area contributed by atoms with E-state index in [1.807, 2.05) is 6.92 Å². The number of Topliss-reactive ketones (excluding diaryl/α,β-unsaturated/α-hetero) is 1. The summed E-state index contributed by atoms with van der Waals surface area (Å²) in [6.07, 6.45) is 3.88. The lowest BCUT2D eigenvalue weighted by molar-refractivity contribution is -0.646. The molecule has 1 aromatic rings. The number of nitrogens with zero attached hydrogens (tertiary/aromatic N) is 2. The monoisotopic (exact) mass is 369 g/mol. The first-order valence-corrected chi connectivity index (χ1v) is 9.80. The van der Waals surface area contributed by atoms with Crippen LogP contribution >= 0.6 is 0 Å². The molecule has 1 unspecified atom stereocenters. The van der Waals surface area contributed by atoms with Gasteiger partial charge < -0.3 is 10.5 Å². The van der Waals surface area contributed by atoms with Gasteiger partial charge in [0.2, 0.25) is 5.91 Å². The van der Waals surface area contributed by atoms with E-state index >= 15 is 0 Å². The van der Waals surface area contributed by atoms with Crippen LogP contribution in [0.15, 0.2) is 29.4 Å². The molecule has 1 N–H and O–H groups in total. The Bertz CT molecular complexity index is 735. The van der Waals surface area contributed by atoms with Gasteiger partial charge in [-0.2, -0.15) is 9.04 Å². The van der Waals surface area contributed by atoms with Crippen molar-refractivity contribution in [3.05, 3.63) is 29.6 Å². The first-order chi connectivity index (χ1) is 11.9. The number of aromatic nitrogens is 1. The van der Waals surface area contributed by atoms with Crippen LogP contribution in [-0.2, 0) is 19.6 Å². The molecule has 8 nitrogen and oxygen atoms in total. The molecule has 0 saturated carbocycles. The van der Waals surface area contributed by atoms with Gasteiger partial charge >= 0.3 is 15.0 Å². The van der Waals surface area contributed by atoms with Crippen molar-refractivity contribution in [1.82, 2.24) is 9.62 Å². The lowest BCUT2D eigenvalue weighted by Gasteiger charge is -2.18. The number of carbonyl (C=O) groups excluding carboxylic acids is 2. The minimum absolute atomic E-state index is 0.129. The minimum atomic E-state index is -4.06. The van der Waals surface area contributed by atoms with Crippen LogP contribution in [-0.4, -0.2) is 43.5 Å². The Morgan fingerprint density at radius 1 is 1.44 bits per heavy atom. The largest absolute Gasteiger partial charge is 0.618 e. The Labute approximate surface area is 147 Å². The van der Waals surface area contributed by atoms with Crippen LogP contribution in [0.4, 0.5) is 0 Å². The summed E-state index contributed by atoms with van der Waals surface area (Å²) in [5.74, 6) is -0.559. The van der Waals surface area contributed by atoms with Crippen LogP contribution in [0.1, 0.15) is 39.0 Å². The standard InChI is InChI=1S/C16H23N3O5S/c1-2-3-8-15(21)17-13-7-6-10-18(12-14(13)20)25(23,24)16-9-4-5-11-19(16)22/h4-5,9,11,13H,2-3,6-8,10,12H2,1H3,(H,17,21). The average Bonchev–Trinajstić information content (AvgIpc) is 2.75. The first kappa shape index (κ1) is 19.3. The molecule has 1 amide bonds. The van der Waals surface area contributed by atoms with Crippen LogP contribution in [0.25, 0.3) is 0 Å². The zero-order valence-electron chi connectivity index (χ0n) is 14.2. The van der Waals surface area contributed by atoms with Gasteiger partial charge in [-0.15, -0.1) is 0 Å². The molecule has 0 aromatic carbocycles. The van der Waals surface area contributed by atoms with Crippen LogP contribution in [0.2, 0.25) is 0 Å².